The molecular formula is C22H39N5OS. The third-order valence-electron chi connectivity index (χ3n) is 7.37. The average Bonchev–Trinajstić information content (AvgIpc) is 3.18. The summed E-state index contributed by atoms with van der Waals surface area (Å²) in [4.78, 5) is 11.7. The molecule has 0 bridgehead atoms. The molecule has 2 heterocycles. The van der Waals surface area contributed by atoms with Gasteiger partial charge in [-0.15, -0.1) is 11.3 Å². The Labute approximate surface area is 180 Å². The summed E-state index contributed by atoms with van der Waals surface area (Å²) in [5.41, 5.74) is 1.25. The summed E-state index contributed by atoms with van der Waals surface area (Å²) in [7, 11) is 3.67. The molecule has 164 valence electrons. The van der Waals surface area contributed by atoms with Crippen LogP contribution in [0.25, 0.3) is 0 Å². The van der Waals surface area contributed by atoms with E-state index in [0.717, 1.165) is 45.0 Å². The normalized spacial score (nSPS) is 28.2. The molecule has 2 atom stereocenters. The fourth-order valence-corrected chi connectivity index (χ4v) is 5.22. The monoisotopic (exact) mass is 421 g/mol. The van der Waals surface area contributed by atoms with Gasteiger partial charge < -0.3 is 15.4 Å². The molecule has 3 rings (SSSR count). The Morgan fingerprint density at radius 3 is 2.62 bits per heavy atom. The van der Waals surface area contributed by atoms with E-state index in [4.69, 9.17) is 9.72 Å². The van der Waals surface area contributed by atoms with Crippen LogP contribution in [0, 0.1) is 11.3 Å². The van der Waals surface area contributed by atoms with E-state index < -0.39 is 0 Å². The van der Waals surface area contributed by atoms with Gasteiger partial charge in [-0.25, -0.2) is 4.98 Å². The predicted molar refractivity (Wildman–Crippen MR) is 122 cm³/mol. The van der Waals surface area contributed by atoms with Crippen LogP contribution in [0.3, 0.4) is 0 Å². The lowest BCUT2D eigenvalue weighted by atomic mass is 9.56. The van der Waals surface area contributed by atoms with Gasteiger partial charge in [-0.05, 0) is 51.6 Å². The van der Waals surface area contributed by atoms with Gasteiger partial charge >= 0.3 is 0 Å². The maximum Gasteiger partial charge on any atom is 0.191 e. The van der Waals surface area contributed by atoms with Crippen LogP contribution in [0.1, 0.15) is 57.7 Å². The summed E-state index contributed by atoms with van der Waals surface area (Å²) in [5.74, 6) is 1.61. The number of aliphatic imine (C=N–C) groups is 1. The zero-order valence-electron chi connectivity index (χ0n) is 19.0. The van der Waals surface area contributed by atoms with E-state index in [1.807, 2.05) is 14.2 Å². The van der Waals surface area contributed by atoms with Crippen molar-refractivity contribution in [3.8, 4) is 0 Å². The standard InChI is InChI=1S/C22H39N5OS/c1-7-19-25-17(15-29-19)14-27-10-8-16(9-11-27)13-24-20(23-5)26-18-12-22(4,28-6)21(18,2)3/h15-16,18H,7-14H2,1-6H3,(H2,23,24,26). The fourth-order valence-electron chi connectivity index (χ4n) is 4.49. The molecule has 6 nitrogen and oxygen atoms in total. The molecule has 0 aromatic carbocycles. The number of hydrogen-bond donors (Lipinski definition) is 2. The summed E-state index contributed by atoms with van der Waals surface area (Å²) in [6.07, 6.45) is 4.50. The molecule has 7 heteroatoms. The number of nitrogens with zero attached hydrogens (tertiary/aromatic N) is 3. The van der Waals surface area contributed by atoms with Crippen LogP contribution in [0.4, 0.5) is 0 Å². The van der Waals surface area contributed by atoms with E-state index in [1.54, 1.807) is 11.3 Å². The molecule has 1 aromatic heterocycles. The predicted octanol–water partition coefficient (Wildman–Crippen LogP) is 3.29. The fraction of sp³-hybridized carbons (Fsp3) is 0.818. The van der Waals surface area contributed by atoms with Crippen molar-refractivity contribution in [3.63, 3.8) is 0 Å². The molecule has 1 aromatic rings. The summed E-state index contributed by atoms with van der Waals surface area (Å²) < 4.78 is 5.74. The first-order valence-electron chi connectivity index (χ1n) is 11.0. The second kappa shape index (κ2) is 9.31. The third-order valence-corrected chi connectivity index (χ3v) is 8.41. The molecule has 2 unspecified atom stereocenters. The largest absolute Gasteiger partial charge is 0.378 e. The summed E-state index contributed by atoms with van der Waals surface area (Å²) >= 11 is 1.79. The summed E-state index contributed by atoms with van der Waals surface area (Å²) in [6.45, 7) is 13.2. The SMILES string of the molecule is CCc1nc(CN2CCC(CNC(=NC)NC3CC(C)(OC)C3(C)C)CC2)cs1. The number of thiazole rings is 1. The number of likely N-dealkylation sites (tertiary alicyclic amines) is 1. The van der Waals surface area contributed by atoms with Crippen LogP contribution in [0.2, 0.25) is 0 Å². The quantitative estimate of drug-likeness (QED) is 0.523. The van der Waals surface area contributed by atoms with E-state index in [2.05, 4.69) is 53.6 Å². The van der Waals surface area contributed by atoms with E-state index in [-0.39, 0.29) is 11.0 Å². The maximum absolute atomic E-state index is 5.74. The Balaban J connectivity index is 1.39. The molecular weight excluding hydrogens is 382 g/mol. The van der Waals surface area contributed by atoms with Crippen molar-refractivity contribution in [2.75, 3.05) is 33.8 Å². The van der Waals surface area contributed by atoms with Crippen molar-refractivity contribution in [1.29, 1.82) is 0 Å². The number of nitrogens with one attached hydrogen (secondary N) is 2. The number of ether oxygens (including phenoxy) is 1. The lowest BCUT2D eigenvalue weighted by molar-refractivity contribution is -0.176. The van der Waals surface area contributed by atoms with Gasteiger partial charge in [0.1, 0.15) is 0 Å². The molecule has 2 aliphatic rings. The highest BCUT2D eigenvalue weighted by atomic mass is 32.1. The van der Waals surface area contributed by atoms with Gasteiger partial charge in [0, 0.05) is 44.1 Å². The Morgan fingerprint density at radius 1 is 1.34 bits per heavy atom. The molecule has 2 N–H and O–H groups in total. The van der Waals surface area contributed by atoms with Crippen molar-refractivity contribution >= 4 is 17.3 Å². The summed E-state index contributed by atoms with van der Waals surface area (Å²) in [5, 5.41) is 10.6. The topological polar surface area (TPSA) is 61.8 Å². The highest BCUT2D eigenvalue weighted by Crippen LogP contribution is 2.51. The highest BCUT2D eigenvalue weighted by Gasteiger charge is 2.58. The maximum atomic E-state index is 5.74. The number of aromatic nitrogens is 1. The van der Waals surface area contributed by atoms with Crippen LogP contribution in [-0.4, -0.2) is 61.3 Å². The Morgan fingerprint density at radius 2 is 2.07 bits per heavy atom. The minimum atomic E-state index is -0.0639. The van der Waals surface area contributed by atoms with Gasteiger partial charge in [0.25, 0.3) is 0 Å². The Hall–Kier alpha value is -1.18. The van der Waals surface area contributed by atoms with Crippen LogP contribution in [0.5, 0.6) is 0 Å². The lowest BCUT2D eigenvalue weighted by Gasteiger charge is -2.59. The number of hydrogen-bond acceptors (Lipinski definition) is 5. The van der Waals surface area contributed by atoms with Gasteiger partial charge in [-0.1, -0.05) is 20.8 Å². The van der Waals surface area contributed by atoms with Gasteiger partial charge in [-0.3, -0.25) is 9.89 Å². The smallest absolute Gasteiger partial charge is 0.191 e. The second-order valence-electron chi connectivity index (χ2n) is 9.32. The zero-order chi connectivity index (χ0) is 21.1. The highest BCUT2D eigenvalue weighted by molar-refractivity contribution is 7.09. The van der Waals surface area contributed by atoms with Crippen LogP contribution in [-0.2, 0) is 17.7 Å². The van der Waals surface area contributed by atoms with E-state index in [9.17, 15) is 0 Å². The van der Waals surface area contributed by atoms with Gasteiger partial charge in [0.15, 0.2) is 5.96 Å². The second-order valence-corrected chi connectivity index (χ2v) is 10.3. The number of piperidine rings is 1. The van der Waals surface area contributed by atoms with E-state index in [0.29, 0.717) is 12.0 Å². The molecule has 0 amide bonds. The van der Waals surface area contributed by atoms with Crippen molar-refractivity contribution in [2.24, 2.45) is 16.3 Å². The molecule has 29 heavy (non-hydrogen) atoms. The molecule has 1 saturated heterocycles. The van der Waals surface area contributed by atoms with Crippen molar-refractivity contribution < 1.29 is 4.74 Å². The minimum absolute atomic E-state index is 0.0639. The zero-order valence-corrected chi connectivity index (χ0v) is 19.9. The van der Waals surface area contributed by atoms with E-state index in [1.165, 1.54) is 23.5 Å². The average molecular weight is 422 g/mol. The molecule has 1 aliphatic carbocycles. The van der Waals surface area contributed by atoms with Crippen LogP contribution in [0.15, 0.2) is 10.4 Å². The minimum Gasteiger partial charge on any atom is -0.378 e. The van der Waals surface area contributed by atoms with E-state index >= 15 is 0 Å². The number of guanidine groups is 1. The van der Waals surface area contributed by atoms with Gasteiger partial charge in [0.05, 0.1) is 16.3 Å². The number of methoxy groups -OCH3 is 1. The number of rotatable bonds is 7. The molecule has 0 spiro atoms. The van der Waals surface area contributed by atoms with Crippen molar-refractivity contribution in [1.82, 2.24) is 20.5 Å². The summed E-state index contributed by atoms with van der Waals surface area (Å²) in [6, 6.07) is 0.381. The number of aryl methyl sites for hydroxylation is 1. The Kier molecular flexibility index (Phi) is 7.23. The van der Waals surface area contributed by atoms with Crippen LogP contribution < -0.4 is 10.6 Å². The molecule has 2 fully saturated rings. The van der Waals surface area contributed by atoms with Crippen LogP contribution >= 0.6 is 11.3 Å². The molecule has 0 radical (unpaired) electrons. The van der Waals surface area contributed by atoms with Crippen molar-refractivity contribution in [2.45, 2.75) is 71.6 Å². The lowest BCUT2D eigenvalue weighted by Crippen LogP contribution is -2.69. The first kappa shape index (κ1) is 22.5. The van der Waals surface area contributed by atoms with Crippen molar-refractivity contribution in [3.05, 3.63) is 16.1 Å². The first-order valence-corrected chi connectivity index (χ1v) is 11.9. The van der Waals surface area contributed by atoms with Gasteiger partial charge in [0.2, 0.25) is 0 Å². The Bertz CT molecular complexity index is 695. The molecule has 1 saturated carbocycles. The third kappa shape index (κ3) is 4.94. The molecule has 1 aliphatic heterocycles. The first-order chi connectivity index (χ1) is 13.8. The van der Waals surface area contributed by atoms with Gasteiger partial charge in [-0.2, -0.15) is 0 Å².